The van der Waals surface area contributed by atoms with Crippen molar-refractivity contribution >= 4 is 24.0 Å². The molecule has 156 valence electrons. The van der Waals surface area contributed by atoms with E-state index in [1.54, 1.807) is 0 Å². The summed E-state index contributed by atoms with van der Waals surface area (Å²) in [5, 5.41) is 15.5. The number of nitrogens with zero attached hydrogens (tertiary/aromatic N) is 3. The minimum atomic E-state index is -0.0555. The summed E-state index contributed by atoms with van der Waals surface area (Å²) in [5.74, 6) is 2.81. The highest BCUT2D eigenvalue weighted by molar-refractivity contribution is 5.95. The number of amides is 1. The number of carbonyl (C=O) groups is 1. The van der Waals surface area contributed by atoms with Crippen LogP contribution in [0.1, 0.15) is 57.2 Å². The Morgan fingerprint density at radius 2 is 1.86 bits per heavy atom. The molecule has 3 atom stereocenters. The smallest absolute Gasteiger partial charge is 0.241 e. The number of hydrogen-bond acceptors (Lipinski definition) is 4. The Hall–Kier alpha value is -1.92. The second-order valence-electron chi connectivity index (χ2n) is 8.57. The zero-order valence-corrected chi connectivity index (χ0v) is 17.6. The Morgan fingerprint density at radius 1 is 1.03 bits per heavy atom. The lowest BCUT2D eigenvalue weighted by Crippen LogP contribution is -2.39. The molecule has 1 aliphatic carbocycles. The zero-order valence-electron chi connectivity index (χ0n) is 16.8. The lowest BCUT2D eigenvalue weighted by Gasteiger charge is -2.24. The molecule has 29 heavy (non-hydrogen) atoms. The fourth-order valence-corrected chi connectivity index (χ4v) is 5.15. The van der Waals surface area contributed by atoms with Crippen LogP contribution in [0.5, 0.6) is 0 Å². The van der Waals surface area contributed by atoms with Gasteiger partial charge in [0, 0.05) is 30.3 Å². The average Bonchev–Trinajstić information content (AvgIpc) is 3.26. The Balaban J connectivity index is 0.00000205. The highest BCUT2D eigenvalue weighted by atomic mass is 35.5. The molecule has 6 nitrogen and oxygen atoms in total. The van der Waals surface area contributed by atoms with E-state index in [4.69, 9.17) is 0 Å². The quantitative estimate of drug-likeness (QED) is 0.796. The number of hydrogen-bond donors (Lipinski definition) is 2. The molecule has 5 rings (SSSR count). The molecule has 2 fully saturated rings. The fourth-order valence-electron chi connectivity index (χ4n) is 5.15. The summed E-state index contributed by atoms with van der Waals surface area (Å²) >= 11 is 0. The molecule has 0 spiro atoms. The maximum atomic E-state index is 12.7. The number of rotatable bonds is 3. The van der Waals surface area contributed by atoms with Gasteiger partial charge < -0.3 is 15.2 Å². The van der Waals surface area contributed by atoms with Gasteiger partial charge in [-0.25, -0.2) is 0 Å². The number of halogens is 1. The summed E-state index contributed by atoms with van der Waals surface area (Å²) in [5.41, 5.74) is 1.91. The number of anilines is 1. The molecule has 1 aromatic heterocycles. The first-order valence-corrected chi connectivity index (χ1v) is 10.9. The van der Waals surface area contributed by atoms with Crippen molar-refractivity contribution in [1.82, 2.24) is 20.1 Å². The van der Waals surface area contributed by atoms with Crippen molar-refractivity contribution in [3.05, 3.63) is 30.1 Å². The summed E-state index contributed by atoms with van der Waals surface area (Å²) < 4.78 is 2.25. The molecule has 1 aromatic carbocycles. The van der Waals surface area contributed by atoms with Gasteiger partial charge >= 0.3 is 0 Å². The van der Waals surface area contributed by atoms with Gasteiger partial charge in [0.2, 0.25) is 5.91 Å². The first kappa shape index (κ1) is 20.4. The Morgan fingerprint density at radius 3 is 2.69 bits per heavy atom. The summed E-state index contributed by atoms with van der Waals surface area (Å²) in [7, 11) is 0. The highest BCUT2D eigenvalue weighted by Gasteiger charge is 2.38. The van der Waals surface area contributed by atoms with E-state index in [2.05, 4.69) is 25.4 Å². The van der Waals surface area contributed by atoms with E-state index in [0.717, 1.165) is 42.3 Å². The Bertz CT molecular complexity index is 835. The molecule has 3 unspecified atom stereocenters. The second kappa shape index (κ2) is 8.84. The number of aromatic nitrogens is 3. The molecular formula is C22H30ClN5O. The van der Waals surface area contributed by atoms with E-state index in [9.17, 15) is 4.79 Å². The van der Waals surface area contributed by atoms with Crippen LogP contribution in [0.4, 0.5) is 5.69 Å². The molecular weight excluding hydrogens is 386 g/mol. The number of fused-ring (bicyclic) bond motifs is 2. The van der Waals surface area contributed by atoms with E-state index in [1.165, 1.54) is 44.9 Å². The van der Waals surface area contributed by atoms with Crippen molar-refractivity contribution in [3.8, 4) is 11.4 Å². The predicted molar refractivity (Wildman–Crippen MR) is 116 cm³/mol. The summed E-state index contributed by atoms with van der Waals surface area (Å²) in [4.78, 5) is 12.7. The van der Waals surface area contributed by atoms with Gasteiger partial charge in [0.05, 0.1) is 6.04 Å². The van der Waals surface area contributed by atoms with Gasteiger partial charge in [0.15, 0.2) is 5.82 Å². The van der Waals surface area contributed by atoms with Crippen LogP contribution >= 0.6 is 12.4 Å². The lowest BCUT2D eigenvalue weighted by molar-refractivity contribution is -0.117. The van der Waals surface area contributed by atoms with Gasteiger partial charge in [-0.1, -0.05) is 19.3 Å². The summed E-state index contributed by atoms with van der Waals surface area (Å²) in [6.07, 6.45) is 10.7. The third kappa shape index (κ3) is 4.19. The highest BCUT2D eigenvalue weighted by Crippen LogP contribution is 2.33. The van der Waals surface area contributed by atoms with Gasteiger partial charge in [-0.2, -0.15) is 0 Å². The van der Waals surface area contributed by atoms with Crippen LogP contribution in [-0.4, -0.2) is 32.8 Å². The van der Waals surface area contributed by atoms with Crippen molar-refractivity contribution in [2.75, 3.05) is 5.32 Å². The fraction of sp³-hybridized carbons (Fsp3) is 0.591. The van der Waals surface area contributed by atoms with Crippen LogP contribution in [0.2, 0.25) is 0 Å². The van der Waals surface area contributed by atoms with Gasteiger partial charge in [-0.3, -0.25) is 4.79 Å². The first-order valence-electron chi connectivity index (χ1n) is 10.9. The van der Waals surface area contributed by atoms with Crippen LogP contribution < -0.4 is 10.6 Å². The minimum absolute atomic E-state index is 0. The van der Waals surface area contributed by atoms with E-state index in [-0.39, 0.29) is 24.4 Å². The predicted octanol–water partition coefficient (Wildman–Crippen LogP) is 3.95. The molecule has 1 amide bonds. The maximum absolute atomic E-state index is 12.7. The Labute approximate surface area is 178 Å². The molecule has 1 saturated carbocycles. The number of nitrogens with one attached hydrogen (secondary N) is 2. The maximum Gasteiger partial charge on any atom is 0.241 e. The van der Waals surface area contributed by atoms with Crippen molar-refractivity contribution in [3.63, 3.8) is 0 Å². The number of benzene rings is 1. The van der Waals surface area contributed by atoms with Crippen molar-refractivity contribution in [1.29, 1.82) is 0 Å². The summed E-state index contributed by atoms with van der Waals surface area (Å²) in [6, 6.07) is 8.52. The molecule has 2 aromatic rings. The lowest BCUT2D eigenvalue weighted by atomic mass is 9.85. The minimum Gasteiger partial charge on any atom is -0.325 e. The standard InChI is InChI=1S/C22H29N5O.ClH/c28-22(19-14-16-6-3-4-7-18(16)24-19)23-17-11-9-15(10-12-17)21-26-25-20-8-2-1-5-13-27(20)21;/h9-12,16,18-19,24H,1-8,13-14H2,(H,23,28);1H. The SMILES string of the molecule is Cl.O=C(Nc1ccc(-c2nnc3n2CCCCC3)cc1)C1CC2CCCCC2N1. The van der Waals surface area contributed by atoms with Crippen LogP contribution in [0.3, 0.4) is 0 Å². The average molecular weight is 416 g/mol. The number of aryl methyl sites for hydroxylation is 1. The zero-order chi connectivity index (χ0) is 18.9. The van der Waals surface area contributed by atoms with E-state index < -0.39 is 0 Å². The molecule has 0 bridgehead atoms. The largest absolute Gasteiger partial charge is 0.325 e. The van der Waals surface area contributed by atoms with Gasteiger partial charge in [-0.05, 0) is 62.3 Å². The van der Waals surface area contributed by atoms with Crippen LogP contribution in [0.25, 0.3) is 11.4 Å². The third-order valence-corrected chi connectivity index (χ3v) is 6.70. The van der Waals surface area contributed by atoms with Gasteiger partial charge in [-0.15, -0.1) is 22.6 Å². The molecule has 0 radical (unpaired) electrons. The van der Waals surface area contributed by atoms with Crippen molar-refractivity contribution in [2.45, 2.75) is 76.4 Å². The molecule has 3 aliphatic rings. The molecule has 1 saturated heterocycles. The van der Waals surface area contributed by atoms with Crippen LogP contribution in [0.15, 0.2) is 24.3 Å². The van der Waals surface area contributed by atoms with Gasteiger partial charge in [0.1, 0.15) is 5.82 Å². The van der Waals surface area contributed by atoms with E-state index in [0.29, 0.717) is 12.0 Å². The van der Waals surface area contributed by atoms with Gasteiger partial charge in [0.25, 0.3) is 0 Å². The normalized spacial score (nSPS) is 26.0. The van der Waals surface area contributed by atoms with E-state index in [1.807, 2.05) is 24.3 Å². The van der Waals surface area contributed by atoms with Crippen molar-refractivity contribution in [2.24, 2.45) is 5.92 Å². The van der Waals surface area contributed by atoms with Crippen LogP contribution in [0, 0.1) is 5.92 Å². The van der Waals surface area contributed by atoms with E-state index >= 15 is 0 Å². The van der Waals surface area contributed by atoms with Crippen molar-refractivity contribution < 1.29 is 4.79 Å². The molecule has 3 heterocycles. The summed E-state index contributed by atoms with van der Waals surface area (Å²) in [6.45, 7) is 0.992. The molecule has 2 N–H and O–H groups in total. The second-order valence-corrected chi connectivity index (χ2v) is 8.57. The van der Waals surface area contributed by atoms with Crippen LogP contribution in [-0.2, 0) is 17.8 Å². The number of carbonyl (C=O) groups excluding carboxylic acids is 1. The topological polar surface area (TPSA) is 71.8 Å². The molecule has 2 aliphatic heterocycles. The monoisotopic (exact) mass is 415 g/mol. The third-order valence-electron chi connectivity index (χ3n) is 6.70. The first-order chi connectivity index (χ1) is 13.8. The molecule has 7 heteroatoms. The Kier molecular flexibility index (Phi) is 6.20.